The van der Waals surface area contributed by atoms with Crippen LogP contribution in [0.15, 0.2) is 39.5 Å². The number of amides is 1. The molecule has 1 amide bonds. The van der Waals surface area contributed by atoms with Crippen LogP contribution in [0.25, 0.3) is 0 Å². The van der Waals surface area contributed by atoms with Crippen molar-refractivity contribution in [1.29, 1.82) is 0 Å². The number of hydrogen-bond donors (Lipinski definition) is 1. The van der Waals surface area contributed by atoms with E-state index in [1.54, 1.807) is 10.9 Å². The summed E-state index contributed by atoms with van der Waals surface area (Å²) >= 11 is 6.78. The van der Waals surface area contributed by atoms with Gasteiger partial charge in [0.1, 0.15) is 0 Å². The van der Waals surface area contributed by atoms with Crippen molar-refractivity contribution < 1.29 is 4.79 Å². The van der Waals surface area contributed by atoms with Gasteiger partial charge >= 0.3 is 0 Å². The predicted molar refractivity (Wildman–Crippen MR) is 82.1 cm³/mol. The van der Waals surface area contributed by atoms with Crippen molar-refractivity contribution in [2.24, 2.45) is 0 Å². The molecule has 0 radical (unpaired) electrons. The highest BCUT2D eigenvalue weighted by Crippen LogP contribution is 2.26. The third-order valence-electron chi connectivity index (χ3n) is 2.53. The number of rotatable bonds is 4. The van der Waals surface area contributed by atoms with Gasteiger partial charge < -0.3 is 5.32 Å². The number of aryl methyl sites for hydroxylation is 2. The summed E-state index contributed by atoms with van der Waals surface area (Å²) in [7, 11) is 0. The van der Waals surface area contributed by atoms with Crippen LogP contribution in [0.5, 0.6) is 0 Å². The van der Waals surface area contributed by atoms with E-state index in [1.165, 1.54) is 0 Å². The van der Waals surface area contributed by atoms with E-state index in [4.69, 9.17) is 0 Å². The van der Waals surface area contributed by atoms with E-state index in [-0.39, 0.29) is 5.91 Å². The quantitative estimate of drug-likeness (QED) is 0.869. The van der Waals surface area contributed by atoms with E-state index in [0.717, 1.165) is 20.2 Å². The number of anilines is 1. The zero-order valence-electron chi connectivity index (χ0n) is 10.4. The third-order valence-corrected chi connectivity index (χ3v) is 3.72. The van der Waals surface area contributed by atoms with Crippen molar-refractivity contribution in [2.75, 3.05) is 5.32 Å². The number of aromatic nitrogens is 2. The summed E-state index contributed by atoms with van der Waals surface area (Å²) in [6, 6.07) is 5.66. The van der Waals surface area contributed by atoms with Crippen LogP contribution in [-0.4, -0.2) is 15.7 Å². The molecule has 0 aliphatic carbocycles. The van der Waals surface area contributed by atoms with Crippen LogP contribution in [0.2, 0.25) is 0 Å². The standard InChI is InChI=1S/C13H13Br2N3O/c1-9-7-16-18(8-9)5-4-13(19)17-12-6-10(14)2-3-11(12)15/h2-3,6-8H,4-5H2,1H3,(H,17,19). The number of benzene rings is 1. The van der Waals surface area contributed by atoms with Crippen molar-refractivity contribution in [1.82, 2.24) is 9.78 Å². The van der Waals surface area contributed by atoms with Gasteiger partial charge in [0.2, 0.25) is 5.91 Å². The summed E-state index contributed by atoms with van der Waals surface area (Å²) in [5.74, 6) is -0.0352. The number of halogens is 2. The number of nitrogens with one attached hydrogen (secondary N) is 1. The zero-order valence-corrected chi connectivity index (χ0v) is 13.5. The molecule has 0 saturated heterocycles. The normalized spacial score (nSPS) is 10.5. The Kier molecular flexibility index (Phi) is 4.76. The molecule has 0 saturated carbocycles. The smallest absolute Gasteiger partial charge is 0.226 e. The van der Waals surface area contributed by atoms with Crippen molar-refractivity contribution in [3.8, 4) is 0 Å². The highest BCUT2D eigenvalue weighted by atomic mass is 79.9. The van der Waals surface area contributed by atoms with Crippen LogP contribution in [0.1, 0.15) is 12.0 Å². The first-order chi connectivity index (χ1) is 9.04. The Balaban J connectivity index is 1.92. The van der Waals surface area contributed by atoms with E-state index in [1.807, 2.05) is 31.3 Å². The maximum absolute atomic E-state index is 11.9. The van der Waals surface area contributed by atoms with Gasteiger partial charge in [0.05, 0.1) is 11.9 Å². The zero-order chi connectivity index (χ0) is 13.8. The van der Waals surface area contributed by atoms with E-state index >= 15 is 0 Å². The van der Waals surface area contributed by atoms with Gasteiger partial charge in [-0.05, 0) is 46.6 Å². The molecule has 1 heterocycles. The van der Waals surface area contributed by atoms with E-state index in [0.29, 0.717) is 13.0 Å². The van der Waals surface area contributed by atoms with Gasteiger partial charge in [-0.15, -0.1) is 0 Å². The molecular weight excluding hydrogens is 374 g/mol. The fraction of sp³-hybridized carbons (Fsp3) is 0.231. The Morgan fingerprint density at radius 2 is 2.21 bits per heavy atom. The highest BCUT2D eigenvalue weighted by Gasteiger charge is 2.06. The Bertz CT molecular complexity index is 595. The highest BCUT2D eigenvalue weighted by molar-refractivity contribution is 9.11. The van der Waals surface area contributed by atoms with Crippen molar-refractivity contribution in [3.63, 3.8) is 0 Å². The SMILES string of the molecule is Cc1cnn(CCC(=O)Nc2cc(Br)ccc2Br)c1. The van der Waals surface area contributed by atoms with Crippen LogP contribution in [0.3, 0.4) is 0 Å². The van der Waals surface area contributed by atoms with Crippen molar-refractivity contribution in [2.45, 2.75) is 19.9 Å². The summed E-state index contributed by atoms with van der Waals surface area (Å²) in [6.07, 6.45) is 4.09. The average molecular weight is 387 g/mol. The molecule has 2 aromatic rings. The lowest BCUT2D eigenvalue weighted by molar-refractivity contribution is -0.116. The van der Waals surface area contributed by atoms with E-state index in [9.17, 15) is 4.79 Å². The van der Waals surface area contributed by atoms with Gasteiger partial charge in [0.25, 0.3) is 0 Å². The second kappa shape index (κ2) is 6.34. The number of carbonyl (C=O) groups excluding carboxylic acids is 1. The van der Waals surface area contributed by atoms with Gasteiger partial charge in [-0.25, -0.2) is 0 Å². The molecule has 1 aromatic heterocycles. The molecule has 4 nitrogen and oxygen atoms in total. The fourth-order valence-electron chi connectivity index (χ4n) is 1.61. The van der Waals surface area contributed by atoms with Gasteiger partial charge in [-0.3, -0.25) is 9.48 Å². The number of carbonyl (C=O) groups is 1. The number of nitrogens with zero attached hydrogens (tertiary/aromatic N) is 2. The predicted octanol–water partition coefficient (Wildman–Crippen LogP) is 3.75. The lowest BCUT2D eigenvalue weighted by Crippen LogP contribution is -2.15. The van der Waals surface area contributed by atoms with Crippen LogP contribution < -0.4 is 5.32 Å². The van der Waals surface area contributed by atoms with Crippen LogP contribution in [-0.2, 0) is 11.3 Å². The largest absolute Gasteiger partial charge is 0.325 e. The Morgan fingerprint density at radius 1 is 1.42 bits per heavy atom. The Hall–Kier alpha value is -1.14. The van der Waals surface area contributed by atoms with Crippen LogP contribution in [0.4, 0.5) is 5.69 Å². The third kappa shape index (κ3) is 4.18. The van der Waals surface area contributed by atoms with E-state index < -0.39 is 0 Å². The minimum Gasteiger partial charge on any atom is -0.325 e. The monoisotopic (exact) mass is 385 g/mol. The summed E-state index contributed by atoms with van der Waals surface area (Å²) in [6.45, 7) is 2.55. The molecule has 1 N–H and O–H groups in total. The topological polar surface area (TPSA) is 46.9 Å². The molecule has 100 valence electrons. The average Bonchev–Trinajstić information content (AvgIpc) is 2.77. The van der Waals surface area contributed by atoms with Crippen LogP contribution in [0, 0.1) is 6.92 Å². The molecule has 0 atom stereocenters. The minimum atomic E-state index is -0.0352. The summed E-state index contributed by atoms with van der Waals surface area (Å²) in [5.41, 5.74) is 1.85. The second-order valence-electron chi connectivity index (χ2n) is 4.20. The number of hydrogen-bond acceptors (Lipinski definition) is 2. The van der Waals surface area contributed by atoms with Crippen LogP contribution >= 0.6 is 31.9 Å². The maximum atomic E-state index is 11.9. The molecule has 19 heavy (non-hydrogen) atoms. The van der Waals surface area contributed by atoms with Gasteiger partial charge in [0.15, 0.2) is 0 Å². The molecule has 0 aliphatic rings. The van der Waals surface area contributed by atoms with E-state index in [2.05, 4.69) is 42.3 Å². The first-order valence-electron chi connectivity index (χ1n) is 5.78. The molecule has 0 aliphatic heterocycles. The lowest BCUT2D eigenvalue weighted by Gasteiger charge is -2.08. The molecule has 6 heteroatoms. The Morgan fingerprint density at radius 3 is 2.89 bits per heavy atom. The lowest BCUT2D eigenvalue weighted by atomic mass is 10.3. The second-order valence-corrected chi connectivity index (χ2v) is 5.97. The fourth-order valence-corrected chi connectivity index (χ4v) is 2.32. The van der Waals surface area contributed by atoms with Crippen molar-refractivity contribution in [3.05, 3.63) is 45.1 Å². The van der Waals surface area contributed by atoms with Crippen molar-refractivity contribution >= 4 is 43.5 Å². The molecule has 0 bridgehead atoms. The molecule has 1 aromatic carbocycles. The maximum Gasteiger partial charge on any atom is 0.226 e. The summed E-state index contributed by atoms with van der Waals surface area (Å²) in [5, 5.41) is 7.02. The molecular formula is C13H13Br2N3O. The summed E-state index contributed by atoms with van der Waals surface area (Å²) in [4.78, 5) is 11.9. The van der Waals surface area contributed by atoms with Gasteiger partial charge in [-0.2, -0.15) is 5.10 Å². The first kappa shape index (κ1) is 14.3. The Labute approximate surface area is 128 Å². The molecule has 0 unspecified atom stereocenters. The van der Waals surface area contributed by atoms with Gasteiger partial charge in [0, 0.05) is 28.1 Å². The van der Waals surface area contributed by atoms with Gasteiger partial charge in [-0.1, -0.05) is 15.9 Å². The minimum absolute atomic E-state index is 0.0352. The molecule has 0 fully saturated rings. The summed E-state index contributed by atoms with van der Waals surface area (Å²) < 4.78 is 3.55. The molecule has 2 rings (SSSR count). The molecule has 0 spiro atoms. The first-order valence-corrected chi connectivity index (χ1v) is 7.37.